The molecule has 0 saturated heterocycles. The molecular formula is C13H10N2O2. The SMILES string of the molecule is O=C(/C=C\c1cc[n+]([O-])cc1)c1cccnc1. The summed E-state index contributed by atoms with van der Waals surface area (Å²) in [6, 6.07) is 6.69. The lowest BCUT2D eigenvalue weighted by Crippen LogP contribution is -2.23. The van der Waals surface area contributed by atoms with Crippen molar-refractivity contribution >= 4 is 11.9 Å². The van der Waals surface area contributed by atoms with Gasteiger partial charge in [-0.05, 0) is 23.8 Å². The number of ketones is 1. The van der Waals surface area contributed by atoms with Gasteiger partial charge in [0.15, 0.2) is 18.2 Å². The van der Waals surface area contributed by atoms with Crippen molar-refractivity contribution in [2.24, 2.45) is 0 Å². The third-order valence-electron chi connectivity index (χ3n) is 2.20. The molecule has 4 nitrogen and oxygen atoms in total. The van der Waals surface area contributed by atoms with Gasteiger partial charge in [-0.15, -0.1) is 0 Å². The van der Waals surface area contributed by atoms with E-state index in [4.69, 9.17) is 0 Å². The molecule has 17 heavy (non-hydrogen) atoms. The van der Waals surface area contributed by atoms with E-state index in [1.165, 1.54) is 24.7 Å². The first-order valence-corrected chi connectivity index (χ1v) is 5.07. The Balaban J connectivity index is 2.11. The Morgan fingerprint density at radius 2 is 2.06 bits per heavy atom. The highest BCUT2D eigenvalue weighted by molar-refractivity contribution is 6.06. The molecule has 0 aliphatic heterocycles. The molecule has 2 heterocycles. The van der Waals surface area contributed by atoms with Crippen LogP contribution in [0.2, 0.25) is 0 Å². The van der Waals surface area contributed by atoms with Gasteiger partial charge in [-0.2, -0.15) is 4.73 Å². The normalized spacial score (nSPS) is 10.6. The van der Waals surface area contributed by atoms with Crippen LogP contribution in [0.4, 0.5) is 0 Å². The monoisotopic (exact) mass is 226 g/mol. The number of nitrogens with zero attached hydrogens (tertiary/aromatic N) is 2. The average Bonchev–Trinajstić information content (AvgIpc) is 2.39. The van der Waals surface area contributed by atoms with E-state index >= 15 is 0 Å². The third-order valence-corrected chi connectivity index (χ3v) is 2.20. The zero-order valence-corrected chi connectivity index (χ0v) is 8.98. The van der Waals surface area contributed by atoms with Crippen molar-refractivity contribution in [2.75, 3.05) is 0 Å². The lowest BCUT2D eigenvalue weighted by molar-refractivity contribution is -0.605. The number of hydrogen-bond acceptors (Lipinski definition) is 3. The Hall–Kier alpha value is -2.49. The molecule has 0 saturated carbocycles. The molecule has 2 aromatic rings. The molecule has 0 unspecified atom stereocenters. The predicted molar refractivity (Wildman–Crippen MR) is 63.0 cm³/mol. The molecule has 0 bridgehead atoms. The van der Waals surface area contributed by atoms with E-state index < -0.39 is 0 Å². The number of pyridine rings is 2. The first-order chi connectivity index (χ1) is 8.25. The van der Waals surface area contributed by atoms with Gasteiger partial charge in [0, 0.05) is 30.1 Å². The molecular weight excluding hydrogens is 216 g/mol. The van der Waals surface area contributed by atoms with Crippen LogP contribution in [0.15, 0.2) is 55.1 Å². The zero-order valence-electron chi connectivity index (χ0n) is 8.98. The van der Waals surface area contributed by atoms with Crippen LogP contribution in [0, 0.1) is 5.21 Å². The van der Waals surface area contributed by atoms with Gasteiger partial charge >= 0.3 is 0 Å². The summed E-state index contributed by atoms with van der Waals surface area (Å²) in [4.78, 5) is 15.6. The molecule has 2 rings (SSSR count). The van der Waals surface area contributed by atoms with E-state index in [9.17, 15) is 10.0 Å². The second-order valence-electron chi connectivity index (χ2n) is 3.43. The first-order valence-electron chi connectivity index (χ1n) is 5.07. The van der Waals surface area contributed by atoms with E-state index in [1.54, 1.807) is 36.5 Å². The minimum Gasteiger partial charge on any atom is -0.619 e. The Bertz CT molecular complexity index is 533. The predicted octanol–water partition coefficient (Wildman–Crippen LogP) is 1.61. The fourth-order valence-corrected chi connectivity index (χ4v) is 1.31. The average molecular weight is 226 g/mol. The van der Waals surface area contributed by atoms with Crippen molar-refractivity contribution < 1.29 is 9.52 Å². The molecule has 84 valence electrons. The van der Waals surface area contributed by atoms with Crippen molar-refractivity contribution in [1.29, 1.82) is 0 Å². The fourth-order valence-electron chi connectivity index (χ4n) is 1.31. The molecule has 0 radical (unpaired) electrons. The Kier molecular flexibility index (Phi) is 3.25. The Labute approximate surface area is 98.5 Å². The number of carbonyl (C=O) groups is 1. The van der Waals surface area contributed by atoms with Crippen LogP contribution in [0.3, 0.4) is 0 Å². The number of aromatic nitrogens is 2. The van der Waals surface area contributed by atoms with Crippen LogP contribution >= 0.6 is 0 Å². The van der Waals surface area contributed by atoms with Crippen LogP contribution in [0.25, 0.3) is 6.08 Å². The smallest absolute Gasteiger partial charge is 0.187 e. The van der Waals surface area contributed by atoms with Crippen LogP contribution < -0.4 is 4.73 Å². The minimum absolute atomic E-state index is 0.114. The second kappa shape index (κ2) is 5.03. The van der Waals surface area contributed by atoms with Crippen LogP contribution in [-0.2, 0) is 0 Å². The van der Waals surface area contributed by atoms with Crippen molar-refractivity contribution in [3.8, 4) is 0 Å². The van der Waals surface area contributed by atoms with Gasteiger partial charge in [-0.3, -0.25) is 9.78 Å². The summed E-state index contributed by atoms with van der Waals surface area (Å²) in [5.74, 6) is -0.114. The molecule has 2 aromatic heterocycles. The minimum atomic E-state index is -0.114. The van der Waals surface area contributed by atoms with E-state index in [0.717, 1.165) is 5.56 Å². The molecule has 0 aliphatic rings. The van der Waals surface area contributed by atoms with Gasteiger partial charge in [0.25, 0.3) is 0 Å². The van der Waals surface area contributed by atoms with E-state index in [1.807, 2.05) is 0 Å². The van der Waals surface area contributed by atoms with Crippen LogP contribution in [0.5, 0.6) is 0 Å². The van der Waals surface area contributed by atoms with Crippen molar-refractivity contribution in [2.45, 2.75) is 0 Å². The van der Waals surface area contributed by atoms with Crippen molar-refractivity contribution in [1.82, 2.24) is 4.98 Å². The summed E-state index contributed by atoms with van der Waals surface area (Å²) >= 11 is 0. The summed E-state index contributed by atoms with van der Waals surface area (Å²) in [6.45, 7) is 0. The fraction of sp³-hybridized carbons (Fsp3) is 0. The third kappa shape index (κ3) is 2.98. The van der Waals surface area contributed by atoms with Gasteiger partial charge in [0.1, 0.15) is 0 Å². The highest BCUT2D eigenvalue weighted by Crippen LogP contribution is 2.03. The molecule has 0 fully saturated rings. The maximum absolute atomic E-state index is 11.7. The lowest BCUT2D eigenvalue weighted by Gasteiger charge is -1.95. The summed E-state index contributed by atoms with van der Waals surface area (Å²) in [5.41, 5.74) is 1.34. The molecule has 4 heteroatoms. The Morgan fingerprint density at radius 1 is 1.29 bits per heavy atom. The van der Waals surface area contributed by atoms with Gasteiger partial charge < -0.3 is 5.21 Å². The first kappa shape index (κ1) is 11.0. The summed E-state index contributed by atoms with van der Waals surface area (Å²) in [7, 11) is 0. The van der Waals surface area contributed by atoms with Crippen LogP contribution in [-0.4, -0.2) is 10.8 Å². The molecule has 0 spiro atoms. The standard InChI is InChI=1S/C13H10N2O2/c16-13(12-2-1-7-14-10-12)4-3-11-5-8-15(17)9-6-11/h1-10H/b4-3-. The van der Waals surface area contributed by atoms with E-state index in [2.05, 4.69) is 4.98 Å². The second-order valence-corrected chi connectivity index (χ2v) is 3.43. The maximum Gasteiger partial charge on any atom is 0.187 e. The number of carbonyl (C=O) groups excluding carboxylic acids is 1. The zero-order chi connectivity index (χ0) is 12.1. The van der Waals surface area contributed by atoms with Gasteiger partial charge in [0.05, 0.1) is 0 Å². The summed E-state index contributed by atoms with van der Waals surface area (Å²) in [5, 5.41) is 10.8. The van der Waals surface area contributed by atoms with Crippen molar-refractivity contribution in [3.63, 3.8) is 0 Å². The maximum atomic E-state index is 11.7. The van der Waals surface area contributed by atoms with Gasteiger partial charge in [-0.1, -0.05) is 6.08 Å². The Morgan fingerprint density at radius 3 is 2.71 bits per heavy atom. The number of allylic oxidation sites excluding steroid dienone is 1. The quantitative estimate of drug-likeness (QED) is 0.346. The largest absolute Gasteiger partial charge is 0.619 e. The van der Waals surface area contributed by atoms with E-state index in [0.29, 0.717) is 10.3 Å². The lowest BCUT2D eigenvalue weighted by atomic mass is 10.1. The molecule has 0 amide bonds. The number of rotatable bonds is 3. The topological polar surface area (TPSA) is 56.9 Å². The van der Waals surface area contributed by atoms with Crippen molar-refractivity contribution in [3.05, 3.63) is 71.5 Å². The van der Waals surface area contributed by atoms with Crippen LogP contribution in [0.1, 0.15) is 15.9 Å². The highest BCUT2D eigenvalue weighted by atomic mass is 16.5. The number of hydrogen-bond donors (Lipinski definition) is 0. The molecule has 0 atom stereocenters. The molecule has 0 aromatic carbocycles. The summed E-state index contributed by atoms with van der Waals surface area (Å²) in [6.07, 6.45) is 9.02. The van der Waals surface area contributed by atoms with E-state index in [-0.39, 0.29) is 5.78 Å². The molecule has 0 aliphatic carbocycles. The highest BCUT2D eigenvalue weighted by Gasteiger charge is 2.00. The van der Waals surface area contributed by atoms with Gasteiger partial charge in [0.2, 0.25) is 0 Å². The summed E-state index contributed by atoms with van der Waals surface area (Å²) < 4.78 is 0.695. The molecule has 0 N–H and O–H groups in total. The van der Waals surface area contributed by atoms with Gasteiger partial charge in [-0.25, -0.2) is 0 Å².